The molecule has 1 aromatic heterocycles. The Balaban J connectivity index is 1.95. The van der Waals surface area contributed by atoms with Crippen LogP contribution in [0.25, 0.3) is 0 Å². The summed E-state index contributed by atoms with van der Waals surface area (Å²) in [4.78, 5) is 9.43. The van der Waals surface area contributed by atoms with Crippen LogP contribution >= 0.6 is 11.3 Å². The van der Waals surface area contributed by atoms with E-state index in [-0.39, 0.29) is 6.61 Å². The summed E-state index contributed by atoms with van der Waals surface area (Å²) in [5, 5.41) is 12.7. The Bertz CT molecular complexity index is 375. The Hall–Kier alpha value is -0.490. The maximum absolute atomic E-state index is 9.28. The highest BCUT2D eigenvalue weighted by atomic mass is 32.1. The van der Waals surface area contributed by atoms with Gasteiger partial charge in [-0.1, -0.05) is 6.92 Å². The first kappa shape index (κ1) is 14.9. The molecule has 5 heteroatoms. The predicted octanol–water partition coefficient (Wildman–Crippen LogP) is 1.59. The molecule has 0 atom stereocenters. The van der Waals surface area contributed by atoms with Crippen molar-refractivity contribution in [2.75, 3.05) is 33.3 Å². The van der Waals surface area contributed by atoms with Gasteiger partial charge in [0.25, 0.3) is 0 Å². The molecule has 2 heterocycles. The molecule has 19 heavy (non-hydrogen) atoms. The number of aliphatic hydroxyl groups excluding tert-OH is 1. The summed E-state index contributed by atoms with van der Waals surface area (Å²) in [6.45, 7) is 6.33. The molecule has 0 spiro atoms. The third-order valence-corrected chi connectivity index (χ3v) is 4.90. The lowest BCUT2D eigenvalue weighted by molar-refractivity contribution is 0.0932. The average Bonchev–Trinajstić information content (AvgIpc) is 2.87. The van der Waals surface area contributed by atoms with Gasteiger partial charge in [0.2, 0.25) is 0 Å². The minimum absolute atomic E-state index is 0.233. The van der Waals surface area contributed by atoms with E-state index in [2.05, 4.69) is 34.1 Å². The fourth-order valence-corrected chi connectivity index (χ4v) is 3.41. The molecule has 2 rings (SSSR count). The molecule has 0 radical (unpaired) electrons. The highest BCUT2D eigenvalue weighted by Gasteiger charge is 2.23. The summed E-state index contributed by atoms with van der Waals surface area (Å²) in [5.41, 5.74) is 1.16. The van der Waals surface area contributed by atoms with Crippen LogP contribution in [0, 0.1) is 0 Å². The minimum atomic E-state index is 0.233. The molecular weight excluding hydrogens is 258 g/mol. The second kappa shape index (κ2) is 7.33. The number of rotatable bonds is 6. The van der Waals surface area contributed by atoms with Crippen LogP contribution in [-0.2, 0) is 13.0 Å². The maximum Gasteiger partial charge on any atom is 0.0926 e. The van der Waals surface area contributed by atoms with Crippen molar-refractivity contribution in [1.29, 1.82) is 0 Å². The number of hydrogen-bond acceptors (Lipinski definition) is 5. The van der Waals surface area contributed by atoms with Gasteiger partial charge in [0.1, 0.15) is 0 Å². The quantitative estimate of drug-likeness (QED) is 0.861. The van der Waals surface area contributed by atoms with E-state index in [0.29, 0.717) is 6.04 Å². The first-order chi connectivity index (χ1) is 9.22. The number of thiazole rings is 1. The van der Waals surface area contributed by atoms with Crippen LogP contribution in [0.4, 0.5) is 0 Å². The maximum atomic E-state index is 9.28. The van der Waals surface area contributed by atoms with Crippen molar-refractivity contribution in [3.05, 3.63) is 16.1 Å². The number of aromatic nitrogens is 1. The van der Waals surface area contributed by atoms with E-state index < -0.39 is 0 Å². The Labute approximate surface area is 120 Å². The Morgan fingerprint density at radius 1 is 1.47 bits per heavy atom. The van der Waals surface area contributed by atoms with Gasteiger partial charge in [-0.15, -0.1) is 11.3 Å². The summed E-state index contributed by atoms with van der Waals surface area (Å²) in [6.07, 6.45) is 3.40. The molecule has 1 aliphatic heterocycles. The molecule has 0 bridgehead atoms. The number of aryl methyl sites for hydroxylation is 1. The smallest absolute Gasteiger partial charge is 0.0926 e. The van der Waals surface area contributed by atoms with Crippen LogP contribution in [0.3, 0.4) is 0 Å². The van der Waals surface area contributed by atoms with Gasteiger partial charge in [-0.2, -0.15) is 0 Å². The summed E-state index contributed by atoms with van der Waals surface area (Å²) >= 11 is 1.75. The zero-order valence-electron chi connectivity index (χ0n) is 12.0. The molecule has 4 nitrogen and oxygen atoms in total. The predicted molar refractivity (Wildman–Crippen MR) is 79.5 cm³/mol. The van der Waals surface area contributed by atoms with E-state index in [0.717, 1.165) is 38.3 Å². The van der Waals surface area contributed by atoms with E-state index in [4.69, 9.17) is 0 Å². The van der Waals surface area contributed by atoms with E-state index in [9.17, 15) is 5.11 Å². The van der Waals surface area contributed by atoms with Crippen molar-refractivity contribution < 1.29 is 5.11 Å². The largest absolute Gasteiger partial charge is 0.395 e. The van der Waals surface area contributed by atoms with Crippen molar-refractivity contribution in [1.82, 2.24) is 14.8 Å². The molecule has 0 aromatic carbocycles. The summed E-state index contributed by atoms with van der Waals surface area (Å²) in [7, 11) is 2.18. The van der Waals surface area contributed by atoms with Crippen LogP contribution in [0.2, 0.25) is 0 Å². The van der Waals surface area contributed by atoms with E-state index in [1.165, 1.54) is 17.8 Å². The van der Waals surface area contributed by atoms with Gasteiger partial charge in [-0.3, -0.25) is 4.90 Å². The summed E-state index contributed by atoms with van der Waals surface area (Å²) in [5.74, 6) is 0. The van der Waals surface area contributed by atoms with Gasteiger partial charge < -0.3 is 10.0 Å². The second-order valence-electron chi connectivity index (χ2n) is 5.31. The van der Waals surface area contributed by atoms with Gasteiger partial charge in [-0.25, -0.2) is 4.98 Å². The lowest BCUT2D eigenvalue weighted by atomic mass is 10.0. The standard InChI is InChI=1S/C14H25N3OS/c1-3-14-15-12(11-19-14)10-17(8-9-18)13-4-6-16(2)7-5-13/h11,13,18H,3-10H2,1-2H3. The summed E-state index contributed by atoms with van der Waals surface area (Å²) < 4.78 is 0. The van der Waals surface area contributed by atoms with Crippen LogP contribution in [0.15, 0.2) is 5.38 Å². The molecule has 108 valence electrons. The van der Waals surface area contributed by atoms with E-state index in [1.54, 1.807) is 11.3 Å². The molecule has 0 unspecified atom stereocenters. The number of piperidine rings is 1. The second-order valence-corrected chi connectivity index (χ2v) is 6.26. The number of aliphatic hydroxyl groups is 1. The van der Waals surface area contributed by atoms with Gasteiger partial charge >= 0.3 is 0 Å². The van der Waals surface area contributed by atoms with Crippen molar-refractivity contribution in [3.8, 4) is 0 Å². The van der Waals surface area contributed by atoms with Gasteiger partial charge in [-0.05, 0) is 39.4 Å². The first-order valence-corrected chi connectivity index (χ1v) is 8.07. The van der Waals surface area contributed by atoms with Gasteiger partial charge in [0.15, 0.2) is 0 Å². The lowest BCUT2D eigenvalue weighted by Crippen LogP contribution is -2.44. The van der Waals surface area contributed by atoms with Crippen molar-refractivity contribution in [3.63, 3.8) is 0 Å². The highest BCUT2D eigenvalue weighted by Crippen LogP contribution is 2.19. The topological polar surface area (TPSA) is 39.6 Å². The SMILES string of the molecule is CCc1nc(CN(CCO)C2CCN(C)CC2)cs1. The van der Waals surface area contributed by atoms with Crippen LogP contribution in [-0.4, -0.2) is 59.2 Å². The zero-order valence-corrected chi connectivity index (χ0v) is 12.8. The fraction of sp³-hybridized carbons (Fsp3) is 0.786. The lowest BCUT2D eigenvalue weighted by Gasteiger charge is -2.36. The number of likely N-dealkylation sites (tertiary alicyclic amines) is 1. The fourth-order valence-electron chi connectivity index (χ4n) is 2.67. The van der Waals surface area contributed by atoms with Crippen LogP contribution in [0.1, 0.15) is 30.5 Å². The third-order valence-electron chi connectivity index (χ3n) is 3.86. The third kappa shape index (κ3) is 4.24. The van der Waals surface area contributed by atoms with Crippen molar-refractivity contribution >= 4 is 11.3 Å². The number of nitrogens with zero attached hydrogens (tertiary/aromatic N) is 3. The Morgan fingerprint density at radius 2 is 2.21 bits per heavy atom. The molecule has 1 aliphatic rings. The zero-order chi connectivity index (χ0) is 13.7. The van der Waals surface area contributed by atoms with Crippen LogP contribution < -0.4 is 0 Å². The normalized spacial score (nSPS) is 18.3. The number of hydrogen-bond donors (Lipinski definition) is 1. The van der Waals surface area contributed by atoms with E-state index in [1.807, 2.05) is 0 Å². The van der Waals surface area contributed by atoms with Gasteiger partial charge in [0.05, 0.1) is 17.3 Å². The molecular formula is C14H25N3OS. The summed E-state index contributed by atoms with van der Waals surface area (Å²) in [6, 6.07) is 0.593. The van der Waals surface area contributed by atoms with Crippen LogP contribution in [0.5, 0.6) is 0 Å². The highest BCUT2D eigenvalue weighted by molar-refractivity contribution is 7.09. The Kier molecular flexibility index (Phi) is 5.76. The van der Waals surface area contributed by atoms with Crippen molar-refractivity contribution in [2.24, 2.45) is 0 Å². The molecule has 0 aliphatic carbocycles. The Morgan fingerprint density at radius 3 is 2.79 bits per heavy atom. The molecule has 1 N–H and O–H groups in total. The molecule has 0 saturated carbocycles. The molecule has 0 amide bonds. The molecule has 1 aromatic rings. The average molecular weight is 283 g/mol. The minimum Gasteiger partial charge on any atom is -0.395 e. The first-order valence-electron chi connectivity index (χ1n) is 7.19. The monoisotopic (exact) mass is 283 g/mol. The molecule has 1 saturated heterocycles. The van der Waals surface area contributed by atoms with Crippen molar-refractivity contribution in [2.45, 2.75) is 38.8 Å². The van der Waals surface area contributed by atoms with Gasteiger partial charge in [0, 0.05) is 24.5 Å². The van der Waals surface area contributed by atoms with E-state index >= 15 is 0 Å². The molecule has 1 fully saturated rings.